The average molecular weight is 213 g/mol. The van der Waals surface area contributed by atoms with Crippen molar-refractivity contribution in [3.63, 3.8) is 0 Å². The van der Waals surface area contributed by atoms with Crippen LogP contribution in [0.2, 0.25) is 0 Å². The molecule has 0 aromatic heterocycles. The molecule has 15 heavy (non-hydrogen) atoms. The summed E-state index contributed by atoms with van der Waals surface area (Å²) in [6.45, 7) is 0. The normalized spacial score (nSPS) is 12.4. The molecule has 0 aliphatic heterocycles. The molecule has 0 heterocycles. The lowest BCUT2D eigenvalue weighted by Gasteiger charge is -2.11. The summed E-state index contributed by atoms with van der Waals surface area (Å²) in [5, 5.41) is 20.3. The lowest BCUT2D eigenvalue weighted by molar-refractivity contribution is -0.139. The molecule has 1 rings (SSSR count). The Labute approximate surface area is 86.4 Å². The van der Waals surface area contributed by atoms with Gasteiger partial charge in [0.2, 0.25) is 0 Å². The molecule has 0 fully saturated rings. The van der Waals surface area contributed by atoms with Crippen LogP contribution in [0, 0.1) is 5.82 Å². The first-order valence-electron chi connectivity index (χ1n) is 4.42. The highest BCUT2D eigenvalue weighted by atomic mass is 19.1. The number of hydrogen-bond acceptors (Lipinski definition) is 3. The third kappa shape index (κ3) is 2.92. The highest BCUT2D eigenvalue weighted by Crippen LogP contribution is 2.16. The maximum absolute atomic E-state index is 13.2. The number of halogens is 1. The SMILES string of the molecule is CNC(Cc1ccc(O)cc1F)C(=O)O. The number of aromatic hydroxyl groups is 1. The van der Waals surface area contributed by atoms with Gasteiger partial charge in [0.1, 0.15) is 17.6 Å². The molecule has 0 aliphatic carbocycles. The van der Waals surface area contributed by atoms with Crippen molar-refractivity contribution in [3.8, 4) is 5.75 Å². The molecule has 5 heteroatoms. The lowest BCUT2D eigenvalue weighted by atomic mass is 10.1. The molecular weight excluding hydrogens is 201 g/mol. The van der Waals surface area contributed by atoms with E-state index < -0.39 is 17.8 Å². The van der Waals surface area contributed by atoms with Gasteiger partial charge in [-0.05, 0) is 18.7 Å². The Morgan fingerprint density at radius 1 is 1.60 bits per heavy atom. The maximum Gasteiger partial charge on any atom is 0.321 e. The quantitative estimate of drug-likeness (QED) is 0.690. The van der Waals surface area contributed by atoms with Crippen molar-refractivity contribution in [2.24, 2.45) is 0 Å². The number of likely N-dealkylation sites (N-methyl/N-ethyl adjacent to an activating group) is 1. The number of rotatable bonds is 4. The van der Waals surface area contributed by atoms with Gasteiger partial charge in [0.15, 0.2) is 0 Å². The van der Waals surface area contributed by atoms with Gasteiger partial charge in [0.25, 0.3) is 0 Å². The minimum absolute atomic E-state index is 0.0396. The van der Waals surface area contributed by atoms with E-state index in [1.807, 2.05) is 0 Å². The van der Waals surface area contributed by atoms with Gasteiger partial charge in [0, 0.05) is 12.5 Å². The molecule has 4 nitrogen and oxygen atoms in total. The van der Waals surface area contributed by atoms with Crippen molar-refractivity contribution in [2.75, 3.05) is 7.05 Å². The summed E-state index contributed by atoms with van der Waals surface area (Å²) in [4.78, 5) is 10.7. The molecule has 0 bridgehead atoms. The van der Waals surface area contributed by atoms with Gasteiger partial charge in [-0.2, -0.15) is 0 Å². The third-order valence-corrected chi connectivity index (χ3v) is 2.11. The van der Waals surface area contributed by atoms with Crippen molar-refractivity contribution < 1.29 is 19.4 Å². The van der Waals surface area contributed by atoms with Gasteiger partial charge in [-0.25, -0.2) is 4.39 Å². The largest absolute Gasteiger partial charge is 0.508 e. The Morgan fingerprint density at radius 3 is 2.73 bits per heavy atom. The number of nitrogens with one attached hydrogen (secondary N) is 1. The summed E-state index contributed by atoms with van der Waals surface area (Å²) in [6.07, 6.45) is 0.0396. The summed E-state index contributed by atoms with van der Waals surface area (Å²) in [7, 11) is 1.50. The first-order chi connectivity index (χ1) is 7.04. The van der Waals surface area contributed by atoms with Crippen molar-refractivity contribution in [1.82, 2.24) is 5.32 Å². The zero-order valence-corrected chi connectivity index (χ0v) is 8.20. The van der Waals surface area contributed by atoms with Gasteiger partial charge in [0.05, 0.1) is 0 Å². The Bertz CT molecular complexity index is 368. The molecule has 0 aliphatic rings. The van der Waals surface area contributed by atoms with Gasteiger partial charge in [-0.15, -0.1) is 0 Å². The van der Waals surface area contributed by atoms with Crippen LogP contribution in [-0.2, 0) is 11.2 Å². The van der Waals surface area contributed by atoms with E-state index in [9.17, 15) is 9.18 Å². The fraction of sp³-hybridized carbons (Fsp3) is 0.300. The van der Waals surface area contributed by atoms with Crippen LogP contribution in [0.3, 0.4) is 0 Å². The first-order valence-corrected chi connectivity index (χ1v) is 4.42. The number of carbonyl (C=O) groups is 1. The second-order valence-corrected chi connectivity index (χ2v) is 3.16. The van der Waals surface area contributed by atoms with Crippen molar-refractivity contribution in [1.29, 1.82) is 0 Å². The monoisotopic (exact) mass is 213 g/mol. The van der Waals surface area contributed by atoms with Crippen LogP contribution in [0.1, 0.15) is 5.56 Å². The van der Waals surface area contributed by atoms with Gasteiger partial charge in [-0.1, -0.05) is 6.07 Å². The number of carboxylic acid groups (broad SMARTS) is 1. The van der Waals surface area contributed by atoms with Gasteiger partial charge in [-0.3, -0.25) is 4.79 Å². The molecular formula is C10H12FNO3. The van der Waals surface area contributed by atoms with E-state index >= 15 is 0 Å². The summed E-state index contributed by atoms with van der Waals surface area (Å²) in [5.41, 5.74) is 0.259. The van der Waals surface area contributed by atoms with E-state index in [0.29, 0.717) is 0 Å². The standard InChI is InChI=1S/C10H12FNO3/c1-12-9(10(14)15)4-6-2-3-7(13)5-8(6)11/h2-3,5,9,12-13H,4H2,1H3,(H,14,15). The summed E-state index contributed by atoms with van der Waals surface area (Å²) in [5.74, 6) is -1.81. The molecule has 82 valence electrons. The van der Waals surface area contributed by atoms with E-state index in [4.69, 9.17) is 10.2 Å². The number of phenolic OH excluding ortho intramolecular Hbond substituents is 1. The second-order valence-electron chi connectivity index (χ2n) is 3.16. The molecule has 1 aromatic carbocycles. The lowest BCUT2D eigenvalue weighted by Crippen LogP contribution is -2.36. The Balaban J connectivity index is 2.84. The number of carboxylic acids is 1. The van der Waals surface area contributed by atoms with Gasteiger partial charge >= 0.3 is 5.97 Å². The van der Waals surface area contributed by atoms with E-state index in [0.717, 1.165) is 6.07 Å². The first kappa shape index (κ1) is 11.5. The Morgan fingerprint density at radius 2 is 2.27 bits per heavy atom. The summed E-state index contributed by atoms with van der Waals surface area (Å²) in [6, 6.07) is 2.83. The van der Waals surface area contributed by atoms with E-state index in [-0.39, 0.29) is 17.7 Å². The van der Waals surface area contributed by atoms with Crippen LogP contribution >= 0.6 is 0 Å². The fourth-order valence-electron chi connectivity index (χ4n) is 1.23. The third-order valence-electron chi connectivity index (χ3n) is 2.11. The number of benzene rings is 1. The molecule has 0 spiro atoms. The molecule has 0 saturated carbocycles. The van der Waals surface area contributed by atoms with Gasteiger partial charge < -0.3 is 15.5 Å². The Kier molecular flexibility index (Phi) is 3.62. The summed E-state index contributed by atoms with van der Waals surface area (Å²) < 4.78 is 13.2. The number of phenols is 1. The average Bonchev–Trinajstić information content (AvgIpc) is 2.16. The zero-order valence-electron chi connectivity index (χ0n) is 8.20. The van der Waals surface area contributed by atoms with Crippen molar-refractivity contribution >= 4 is 5.97 Å². The van der Waals surface area contributed by atoms with Crippen molar-refractivity contribution in [3.05, 3.63) is 29.6 Å². The van der Waals surface area contributed by atoms with E-state index in [1.165, 1.54) is 19.2 Å². The molecule has 0 radical (unpaired) electrons. The Hall–Kier alpha value is -1.62. The van der Waals surface area contributed by atoms with E-state index in [2.05, 4.69) is 5.32 Å². The van der Waals surface area contributed by atoms with E-state index in [1.54, 1.807) is 0 Å². The van der Waals surface area contributed by atoms with Crippen LogP contribution in [-0.4, -0.2) is 29.3 Å². The number of aliphatic carboxylic acids is 1. The molecule has 1 unspecified atom stereocenters. The predicted molar refractivity (Wildman–Crippen MR) is 52.3 cm³/mol. The van der Waals surface area contributed by atoms with Crippen molar-refractivity contribution in [2.45, 2.75) is 12.5 Å². The molecule has 0 amide bonds. The molecule has 3 N–H and O–H groups in total. The number of hydrogen-bond donors (Lipinski definition) is 3. The van der Waals surface area contributed by atoms with Crippen LogP contribution < -0.4 is 5.32 Å². The molecule has 1 atom stereocenters. The molecule has 0 saturated heterocycles. The summed E-state index contributed by atoms with van der Waals surface area (Å²) >= 11 is 0. The maximum atomic E-state index is 13.2. The highest BCUT2D eigenvalue weighted by Gasteiger charge is 2.17. The predicted octanol–water partition coefficient (Wildman–Crippen LogP) is 0.746. The van der Waals surface area contributed by atoms with Crippen LogP contribution in [0.5, 0.6) is 5.75 Å². The molecule has 1 aromatic rings. The topological polar surface area (TPSA) is 69.6 Å². The highest BCUT2D eigenvalue weighted by molar-refractivity contribution is 5.73. The fourth-order valence-corrected chi connectivity index (χ4v) is 1.23. The minimum atomic E-state index is -1.04. The zero-order chi connectivity index (χ0) is 11.4. The van der Waals surface area contributed by atoms with Crippen LogP contribution in [0.4, 0.5) is 4.39 Å². The smallest absolute Gasteiger partial charge is 0.321 e. The van der Waals surface area contributed by atoms with Crippen LogP contribution in [0.15, 0.2) is 18.2 Å². The van der Waals surface area contributed by atoms with Crippen LogP contribution in [0.25, 0.3) is 0 Å². The minimum Gasteiger partial charge on any atom is -0.508 e. The second kappa shape index (κ2) is 4.75.